The van der Waals surface area contributed by atoms with Crippen LogP contribution in [-0.4, -0.2) is 65.1 Å². The van der Waals surface area contributed by atoms with Gasteiger partial charge in [0.05, 0.1) is 21.8 Å². The number of carbonyl (C=O) groups is 2. The van der Waals surface area contributed by atoms with Gasteiger partial charge < -0.3 is 15.1 Å². The Labute approximate surface area is 235 Å². The number of alkyl halides is 3. The van der Waals surface area contributed by atoms with Crippen LogP contribution in [0.3, 0.4) is 0 Å². The number of aryl methyl sites for hydroxylation is 3. The maximum Gasteiger partial charge on any atom is 0.490 e. The molecule has 3 rings (SSSR count). The molecule has 3 aromatic rings. The van der Waals surface area contributed by atoms with Gasteiger partial charge in [0.25, 0.3) is 10.0 Å². The molecular formula is C26H32F3N5O6S. The van der Waals surface area contributed by atoms with Gasteiger partial charge in [-0.25, -0.2) is 23.0 Å². The third-order valence-corrected chi connectivity index (χ3v) is 7.56. The predicted molar refractivity (Wildman–Crippen MR) is 146 cm³/mol. The molecule has 2 aromatic heterocycles. The lowest BCUT2D eigenvalue weighted by Gasteiger charge is -2.22. The van der Waals surface area contributed by atoms with Crippen molar-refractivity contribution in [3.8, 4) is 0 Å². The van der Waals surface area contributed by atoms with Crippen LogP contribution in [0.4, 0.5) is 24.7 Å². The molecule has 15 heteroatoms. The zero-order chi connectivity index (χ0) is 31.1. The van der Waals surface area contributed by atoms with Crippen LogP contribution in [0.2, 0.25) is 0 Å². The molecule has 0 fully saturated rings. The van der Waals surface area contributed by atoms with Gasteiger partial charge in [0.15, 0.2) is 5.82 Å². The quantitative estimate of drug-likeness (QED) is 0.311. The molecule has 0 aliphatic carbocycles. The first kappa shape index (κ1) is 33.1. The highest BCUT2D eigenvalue weighted by Gasteiger charge is 2.38. The van der Waals surface area contributed by atoms with Gasteiger partial charge >= 0.3 is 18.1 Å². The molecule has 41 heavy (non-hydrogen) atoms. The number of halogens is 3. The van der Waals surface area contributed by atoms with Crippen LogP contribution in [0.1, 0.15) is 46.2 Å². The van der Waals surface area contributed by atoms with Crippen molar-refractivity contribution in [2.75, 3.05) is 23.2 Å². The number of nitrogens with one attached hydrogen (secondary N) is 1. The molecule has 0 amide bonds. The Bertz CT molecular complexity index is 1490. The average molecular weight is 600 g/mol. The van der Waals surface area contributed by atoms with Gasteiger partial charge in [-0.2, -0.15) is 18.3 Å². The number of carboxylic acids is 2. The maximum absolute atomic E-state index is 13.0. The molecular weight excluding hydrogens is 567 g/mol. The van der Waals surface area contributed by atoms with Crippen molar-refractivity contribution in [3.63, 3.8) is 0 Å². The lowest BCUT2D eigenvalue weighted by Crippen LogP contribution is -2.24. The summed E-state index contributed by atoms with van der Waals surface area (Å²) in [6, 6.07) is 7.90. The lowest BCUT2D eigenvalue weighted by molar-refractivity contribution is -0.192. The van der Waals surface area contributed by atoms with E-state index in [2.05, 4.69) is 14.8 Å². The van der Waals surface area contributed by atoms with E-state index in [1.807, 2.05) is 37.4 Å². The molecule has 0 saturated heterocycles. The van der Waals surface area contributed by atoms with E-state index >= 15 is 0 Å². The third kappa shape index (κ3) is 8.93. The number of carboxylic acid groups (broad SMARTS) is 2. The molecule has 0 aliphatic heterocycles. The number of anilines is 2. The van der Waals surface area contributed by atoms with Crippen LogP contribution < -0.4 is 9.62 Å². The Morgan fingerprint density at radius 3 is 2.17 bits per heavy atom. The fourth-order valence-electron chi connectivity index (χ4n) is 3.84. The zero-order valence-electron chi connectivity index (χ0n) is 23.2. The molecule has 0 spiro atoms. The van der Waals surface area contributed by atoms with Crippen LogP contribution in [-0.2, 0) is 34.7 Å². The van der Waals surface area contributed by atoms with Crippen molar-refractivity contribution >= 4 is 33.5 Å². The summed E-state index contributed by atoms with van der Waals surface area (Å²) in [5.74, 6) is -3.58. The molecule has 0 aliphatic rings. The smallest absolute Gasteiger partial charge is 0.478 e. The number of rotatable bonds is 10. The van der Waals surface area contributed by atoms with Gasteiger partial charge in [-0.3, -0.25) is 9.40 Å². The standard InChI is InChI=1S/C24H31N5O4S.C2HF3O2/c1-6-18-9-11-20(12-10-18)34(32,33)27-22-14-19(24(30)31)15-25-23(22)28(4)13-7-8-21-16(2)26-29(5)17(21)3;3-2(4,5)1(6)7/h9-12,14-15,27H,6-8,13H2,1-5H3,(H,30,31);(H,6,7). The summed E-state index contributed by atoms with van der Waals surface area (Å²) in [5, 5.41) is 21.0. The SMILES string of the molecule is CCc1ccc(S(=O)(=O)Nc2cc(C(=O)O)cnc2N(C)CCCc2c(C)nn(C)c2C)cc1.O=C(O)C(F)(F)F. The van der Waals surface area contributed by atoms with Crippen molar-refractivity contribution in [1.82, 2.24) is 14.8 Å². The summed E-state index contributed by atoms with van der Waals surface area (Å²) >= 11 is 0. The lowest BCUT2D eigenvalue weighted by atomic mass is 10.1. The Morgan fingerprint density at radius 2 is 1.71 bits per heavy atom. The highest BCUT2D eigenvalue weighted by molar-refractivity contribution is 7.92. The van der Waals surface area contributed by atoms with E-state index in [1.54, 1.807) is 19.2 Å². The topological polar surface area (TPSA) is 155 Å². The van der Waals surface area contributed by atoms with E-state index < -0.39 is 28.1 Å². The fraction of sp³-hybridized carbons (Fsp3) is 0.385. The van der Waals surface area contributed by atoms with E-state index in [1.165, 1.54) is 30.0 Å². The van der Waals surface area contributed by atoms with Gasteiger partial charge in [-0.05, 0) is 62.4 Å². The van der Waals surface area contributed by atoms with E-state index in [0.717, 1.165) is 36.2 Å². The maximum atomic E-state index is 13.0. The summed E-state index contributed by atoms with van der Waals surface area (Å²) in [6.07, 6.45) is -1.45. The number of hydrogen-bond donors (Lipinski definition) is 3. The second-order valence-electron chi connectivity index (χ2n) is 9.10. The fourth-order valence-corrected chi connectivity index (χ4v) is 4.89. The summed E-state index contributed by atoms with van der Waals surface area (Å²) < 4.78 is 62.2. The number of hydrogen-bond acceptors (Lipinski definition) is 7. The first-order valence-corrected chi connectivity index (χ1v) is 13.8. The Hall–Kier alpha value is -4.14. The normalized spacial score (nSPS) is 11.4. The van der Waals surface area contributed by atoms with Crippen molar-refractivity contribution in [2.24, 2.45) is 7.05 Å². The van der Waals surface area contributed by atoms with Gasteiger partial charge in [-0.15, -0.1) is 0 Å². The first-order chi connectivity index (χ1) is 19.0. The van der Waals surface area contributed by atoms with Gasteiger partial charge in [0, 0.05) is 32.5 Å². The minimum Gasteiger partial charge on any atom is -0.478 e. The molecule has 0 saturated carbocycles. The van der Waals surface area contributed by atoms with E-state index in [4.69, 9.17) is 9.90 Å². The summed E-state index contributed by atoms with van der Waals surface area (Å²) in [7, 11) is -0.208. The minimum absolute atomic E-state index is 0.0987. The third-order valence-electron chi connectivity index (χ3n) is 6.18. The number of aromatic carboxylic acids is 1. The minimum atomic E-state index is -5.08. The number of aliphatic carboxylic acids is 1. The first-order valence-electron chi connectivity index (χ1n) is 12.3. The molecule has 1 aromatic carbocycles. The van der Waals surface area contributed by atoms with Gasteiger partial charge in [0.2, 0.25) is 0 Å². The largest absolute Gasteiger partial charge is 0.490 e. The second kappa shape index (κ2) is 13.5. The Kier molecular flexibility index (Phi) is 10.9. The molecule has 11 nitrogen and oxygen atoms in total. The Balaban J connectivity index is 0.000000745. The summed E-state index contributed by atoms with van der Waals surface area (Å²) in [5.41, 5.74) is 4.35. The number of benzene rings is 1. The molecule has 2 heterocycles. The molecule has 0 unspecified atom stereocenters. The van der Waals surface area contributed by atoms with Crippen molar-refractivity contribution in [2.45, 2.75) is 51.1 Å². The van der Waals surface area contributed by atoms with Gasteiger partial charge in [-0.1, -0.05) is 19.1 Å². The van der Waals surface area contributed by atoms with E-state index in [9.17, 15) is 31.5 Å². The van der Waals surface area contributed by atoms with Crippen LogP contribution in [0.25, 0.3) is 0 Å². The van der Waals surface area contributed by atoms with Crippen LogP contribution in [0.5, 0.6) is 0 Å². The van der Waals surface area contributed by atoms with Gasteiger partial charge in [0.1, 0.15) is 0 Å². The number of aromatic nitrogens is 3. The average Bonchev–Trinajstić information content (AvgIpc) is 3.13. The van der Waals surface area contributed by atoms with Crippen LogP contribution >= 0.6 is 0 Å². The number of pyridine rings is 1. The highest BCUT2D eigenvalue weighted by Crippen LogP contribution is 2.27. The highest BCUT2D eigenvalue weighted by atomic mass is 32.2. The number of sulfonamides is 1. The Morgan fingerprint density at radius 1 is 1.12 bits per heavy atom. The number of nitrogens with zero attached hydrogens (tertiary/aromatic N) is 4. The molecule has 0 bridgehead atoms. The van der Waals surface area contributed by atoms with Crippen molar-refractivity contribution in [1.29, 1.82) is 0 Å². The van der Waals surface area contributed by atoms with Crippen molar-refractivity contribution in [3.05, 3.63) is 64.6 Å². The van der Waals surface area contributed by atoms with Crippen LogP contribution in [0.15, 0.2) is 41.4 Å². The predicted octanol–water partition coefficient (Wildman–Crippen LogP) is 4.20. The van der Waals surface area contributed by atoms with Crippen molar-refractivity contribution < 1.29 is 41.4 Å². The van der Waals surface area contributed by atoms with E-state index in [0.29, 0.717) is 12.4 Å². The van der Waals surface area contributed by atoms with E-state index in [-0.39, 0.29) is 16.1 Å². The van der Waals surface area contributed by atoms with Crippen LogP contribution in [0, 0.1) is 13.8 Å². The summed E-state index contributed by atoms with van der Waals surface area (Å²) in [4.78, 5) is 26.6. The molecule has 3 N–H and O–H groups in total. The molecule has 0 atom stereocenters. The second-order valence-corrected chi connectivity index (χ2v) is 10.8. The molecule has 224 valence electrons. The monoisotopic (exact) mass is 599 g/mol. The molecule has 0 radical (unpaired) electrons. The zero-order valence-corrected chi connectivity index (χ0v) is 24.0. The summed E-state index contributed by atoms with van der Waals surface area (Å²) in [6.45, 7) is 6.60.